The van der Waals surface area contributed by atoms with Crippen LogP contribution in [-0.2, 0) is 0 Å². The van der Waals surface area contributed by atoms with Gasteiger partial charge in [-0.2, -0.15) is 0 Å². The zero-order valence-electron chi connectivity index (χ0n) is 8.69. The highest BCUT2D eigenvalue weighted by atomic mass is 15.1. The van der Waals surface area contributed by atoms with Crippen molar-refractivity contribution in [2.45, 2.75) is 40.0 Å². The van der Waals surface area contributed by atoms with Crippen LogP contribution in [-0.4, -0.2) is 18.0 Å². The van der Waals surface area contributed by atoms with Crippen LogP contribution in [0.5, 0.6) is 0 Å². The summed E-state index contributed by atoms with van der Waals surface area (Å²) < 4.78 is 0. The van der Waals surface area contributed by atoms with Crippen LogP contribution >= 0.6 is 0 Å². The molecule has 1 heteroatoms. The molecule has 0 amide bonds. The summed E-state index contributed by atoms with van der Waals surface area (Å²) in [4.78, 5) is 2.45. The lowest BCUT2D eigenvalue weighted by molar-refractivity contribution is 0.231. The standard InChI is InChI=1S/C11H21N/c1-10(11(2,3)4)12-8-6-5-7-9-12/h1,5-9H2,2-4H3. The van der Waals surface area contributed by atoms with Gasteiger partial charge in [0.1, 0.15) is 0 Å². The van der Waals surface area contributed by atoms with Gasteiger partial charge in [-0.3, -0.25) is 0 Å². The minimum Gasteiger partial charge on any atom is -0.375 e. The summed E-state index contributed by atoms with van der Waals surface area (Å²) in [6.45, 7) is 13.3. The van der Waals surface area contributed by atoms with Gasteiger partial charge < -0.3 is 4.90 Å². The number of allylic oxidation sites excluding steroid dienone is 1. The first-order valence-corrected chi connectivity index (χ1v) is 4.96. The number of piperidine rings is 1. The van der Waals surface area contributed by atoms with Crippen LogP contribution in [0.15, 0.2) is 12.3 Å². The normalized spacial score (nSPS) is 19.4. The van der Waals surface area contributed by atoms with Gasteiger partial charge in [0.05, 0.1) is 0 Å². The molecule has 1 aliphatic rings. The van der Waals surface area contributed by atoms with E-state index < -0.39 is 0 Å². The Morgan fingerprint density at radius 2 is 1.58 bits per heavy atom. The Labute approximate surface area is 76.5 Å². The van der Waals surface area contributed by atoms with Crippen LogP contribution in [0, 0.1) is 5.41 Å². The zero-order chi connectivity index (χ0) is 9.19. The Hall–Kier alpha value is -0.460. The van der Waals surface area contributed by atoms with Gasteiger partial charge in [0.15, 0.2) is 0 Å². The first-order chi connectivity index (χ1) is 5.52. The minimum atomic E-state index is 0.247. The van der Waals surface area contributed by atoms with Crippen molar-refractivity contribution in [1.29, 1.82) is 0 Å². The van der Waals surface area contributed by atoms with E-state index in [1.807, 2.05) is 0 Å². The molecule has 0 spiro atoms. The average molecular weight is 167 g/mol. The molecule has 0 aromatic carbocycles. The molecule has 0 unspecified atom stereocenters. The van der Waals surface area contributed by atoms with E-state index in [1.54, 1.807) is 0 Å². The van der Waals surface area contributed by atoms with Crippen LogP contribution in [0.4, 0.5) is 0 Å². The molecule has 0 saturated carbocycles. The second-order valence-corrected chi connectivity index (χ2v) is 4.74. The van der Waals surface area contributed by atoms with Crippen molar-refractivity contribution < 1.29 is 0 Å². The fourth-order valence-corrected chi connectivity index (χ4v) is 1.64. The van der Waals surface area contributed by atoms with Crippen LogP contribution < -0.4 is 0 Å². The van der Waals surface area contributed by atoms with Gasteiger partial charge in [-0.15, -0.1) is 0 Å². The molecule has 0 atom stereocenters. The van der Waals surface area contributed by atoms with Gasteiger partial charge in [0.25, 0.3) is 0 Å². The fraction of sp³-hybridized carbons (Fsp3) is 0.818. The lowest BCUT2D eigenvalue weighted by Gasteiger charge is -2.37. The molecular weight excluding hydrogens is 146 g/mol. The predicted molar refractivity (Wildman–Crippen MR) is 54.0 cm³/mol. The molecule has 0 aromatic rings. The molecule has 0 aromatic heterocycles. The predicted octanol–water partition coefficient (Wildman–Crippen LogP) is 3.03. The van der Waals surface area contributed by atoms with Crippen molar-refractivity contribution in [3.63, 3.8) is 0 Å². The Morgan fingerprint density at radius 1 is 1.08 bits per heavy atom. The van der Waals surface area contributed by atoms with Crippen molar-refractivity contribution in [3.05, 3.63) is 12.3 Å². The molecule has 1 saturated heterocycles. The van der Waals surface area contributed by atoms with E-state index in [4.69, 9.17) is 0 Å². The lowest BCUT2D eigenvalue weighted by Crippen LogP contribution is -2.33. The van der Waals surface area contributed by atoms with E-state index in [2.05, 4.69) is 32.3 Å². The number of nitrogens with zero attached hydrogens (tertiary/aromatic N) is 1. The van der Waals surface area contributed by atoms with Gasteiger partial charge in [-0.1, -0.05) is 27.4 Å². The maximum atomic E-state index is 4.18. The summed E-state index contributed by atoms with van der Waals surface area (Å²) in [6, 6.07) is 0. The maximum Gasteiger partial charge on any atom is 0.0175 e. The number of hydrogen-bond acceptors (Lipinski definition) is 1. The van der Waals surface area contributed by atoms with Gasteiger partial charge >= 0.3 is 0 Å². The molecule has 0 aliphatic carbocycles. The van der Waals surface area contributed by atoms with Crippen LogP contribution in [0.2, 0.25) is 0 Å². The summed E-state index contributed by atoms with van der Waals surface area (Å²) in [5.74, 6) is 0. The van der Waals surface area contributed by atoms with E-state index in [9.17, 15) is 0 Å². The number of hydrogen-bond donors (Lipinski definition) is 0. The fourth-order valence-electron chi connectivity index (χ4n) is 1.64. The summed E-state index contributed by atoms with van der Waals surface area (Å²) in [6.07, 6.45) is 4.08. The summed E-state index contributed by atoms with van der Waals surface area (Å²) in [5.41, 5.74) is 1.55. The Kier molecular flexibility index (Phi) is 2.81. The third-order valence-electron chi connectivity index (χ3n) is 2.60. The smallest absolute Gasteiger partial charge is 0.0175 e. The minimum absolute atomic E-state index is 0.247. The average Bonchev–Trinajstić information content (AvgIpc) is 2.03. The Balaban J connectivity index is 2.51. The highest BCUT2D eigenvalue weighted by molar-refractivity contribution is 5.04. The molecule has 70 valence electrons. The maximum absolute atomic E-state index is 4.18. The number of likely N-dealkylation sites (tertiary alicyclic amines) is 1. The molecule has 0 bridgehead atoms. The van der Waals surface area contributed by atoms with Crippen LogP contribution in [0.25, 0.3) is 0 Å². The summed E-state index contributed by atoms with van der Waals surface area (Å²) >= 11 is 0. The first kappa shape index (κ1) is 9.63. The quantitative estimate of drug-likeness (QED) is 0.580. The zero-order valence-corrected chi connectivity index (χ0v) is 8.69. The third-order valence-corrected chi connectivity index (χ3v) is 2.60. The van der Waals surface area contributed by atoms with Gasteiger partial charge in [0.2, 0.25) is 0 Å². The SMILES string of the molecule is C=C(N1CCCCC1)C(C)(C)C. The van der Waals surface area contributed by atoms with Crippen molar-refractivity contribution in [3.8, 4) is 0 Å². The molecule has 0 radical (unpaired) electrons. The van der Waals surface area contributed by atoms with Crippen LogP contribution in [0.3, 0.4) is 0 Å². The van der Waals surface area contributed by atoms with Crippen molar-refractivity contribution >= 4 is 0 Å². The van der Waals surface area contributed by atoms with Gasteiger partial charge in [-0.25, -0.2) is 0 Å². The van der Waals surface area contributed by atoms with E-state index in [0.717, 1.165) is 0 Å². The molecular formula is C11H21N. The van der Waals surface area contributed by atoms with Crippen molar-refractivity contribution in [2.75, 3.05) is 13.1 Å². The van der Waals surface area contributed by atoms with Gasteiger partial charge in [-0.05, 0) is 19.3 Å². The molecule has 1 aliphatic heterocycles. The van der Waals surface area contributed by atoms with Crippen molar-refractivity contribution in [2.24, 2.45) is 5.41 Å². The summed E-state index contributed by atoms with van der Waals surface area (Å²) in [5, 5.41) is 0. The number of rotatable bonds is 1. The largest absolute Gasteiger partial charge is 0.375 e. The molecule has 1 rings (SSSR count). The molecule has 1 fully saturated rings. The van der Waals surface area contributed by atoms with Gasteiger partial charge in [0, 0.05) is 24.2 Å². The van der Waals surface area contributed by atoms with Crippen LogP contribution in [0.1, 0.15) is 40.0 Å². The molecule has 0 N–H and O–H groups in total. The van der Waals surface area contributed by atoms with Crippen molar-refractivity contribution in [1.82, 2.24) is 4.90 Å². The highest BCUT2D eigenvalue weighted by Crippen LogP contribution is 2.28. The monoisotopic (exact) mass is 167 g/mol. The Bertz CT molecular complexity index is 158. The Morgan fingerprint density at radius 3 is 2.00 bits per heavy atom. The van der Waals surface area contributed by atoms with E-state index in [1.165, 1.54) is 38.0 Å². The van der Waals surface area contributed by atoms with E-state index >= 15 is 0 Å². The topological polar surface area (TPSA) is 3.24 Å². The van der Waals surface area contributed by atoms with E-state index in [0.29, 0.717) is 0 Å². The second-order valence-electron chi connectivity index (χ2n) is 4.74. The summed E-state index contributed by atoms with van der Waals surface area (Å²) in [7, 11) is 0. The highest BCUT2D eigenvalue weighted by Gasteiger charge is 2.21. The third kappa shape index (κ3) is 2.26. The molecule has 1 nitrogen and oxygen atoms in total. The second kappa shape index (κ2) is 3.51. The van der Waals surface area contributed by atoms with E-state index in [-0.39, 0.29) is 5.41 Å². The molecule has 12 heavy (non-hydrogen) atoms. The lowest BCUT2D eigenvalue weighted by atomic mass is 9.91. The first-order valence-electron chi connectivity index (χ1n) is 4.96. The molecule has 1 heterocycles.